The standard InChI is InChI=1S/C18H16F3N3O2/c1-10(25)15-12(9-22)8-14(16-17(15)24-7-6-23-16)11-2-4-13(5-3-11)26-18(19,20)21/h2-8,10,25H,9,22H2,1H3/t10-/m0/s1. The number of hydrogen-bond donors (Lipinski definition) is 2. The maximum Gasteiger partial charge on any atom is 0.573 e. The first-order chi connectivity index (χ1) is 12.3. The van der Waals surface area contributed by atoms with Crippen molar-refractivity contribution in [2.24, 2.45) is 5.73 Å². The van der Waals surface area contributed by atoms with E-state index in [1.165, 1.54) is 36.7 Å². The van der Waals surface area contributed by atoms with Gasteiger partial charge in [0.05, 0.1) is 17.1 Å². The molecule has 0 bridgehead atoms. The van der Waals surface area contributed by atoms with Crippen LogP contribution in [-0.2, 0) is 6.54 Å². The molecule has 0 spiro atoms. The Hall–Kier alpha value is -2.71. The molecule has 3 aromatic rings. The summed E-state index contributed by atoms with van der Waals surface area (Å²) in [7, 11) is 0. The van der Waals surface area contributed by atoms with Gasteiger partial charge in [0.15, 0.2) is 0 Å². The minimum Gasteiger partial charge on any atom is -0.406 e. The van der Waals surface area contributed by atoms with Crippen LogP contribution in [-0.4, -0.2) is 21.4 Å². The second kappa shape index (κ2) is 6.89. The predicted octanol–water partition coefficient (Wildman–Crippen LogP) is 3.71. The Bertz CT molecular complexity index is 925. The molecule has 0 fully saturated rings. The fourth-order valence-electron chi connectivity index (χ4n) is 2.90. The average molecular weight is 363 g/mol. The van der Waals surface area contributed by atoms with E-state index in [0.717, 1.165) is 0 Å². The zero-order valence-electron chi connectivity index (χ0n) is 13.8. The molecule has 0 aliphatic carbocycles. The number of nitrogens with two attached hydrogens (primary N) is 1. The van der Waals surface area contributed by atoms with E-state index in [4.69, 9.17) is 5.73 Å². The number of hydrogen-bond acceptors (Lipinski definition) is 5. The predicted molar refractivity (Wildman–Crippen MR) is 90.2 cm³/mol. The lowest BCUT2D eigenvalue weighted by Gasteiger charge is -2.17. The van der Waals surface area contributed by atoms with E-state index in [1.54, 1.807) is 13.0 Å². The van der Waals surface area contributed by atoms with E-state index in [-0.39, 0.29) is 12.3 Å². The Balaban J connectivity index is 2.15. The molecular formula is C18H16F3N3O2. The zero-order chi connectivity index (χ0) is 18.9. The Labute approximate surface area is 147 Å². The highest BCUT2D eigenvalue weighted by molar-refractivity contribution is 5.94. The fourth-order valence-corrected chi connectivity index (χ4v) is 2.90. The number of aromatic nitrogens is 2. The molecule has 0 radical (unpaired) electrons. The van der Waals surface area contributed by atoms with Crippen LogP contribution in [0.5, 0.6) is 5.75 Å². The van der Waals surface area contributed by atoms with Crippen LogP contribution < -0.4 is 10.5 Å². The van der Waals surface area contributed by atoms with E-state index < -0.39 is 12.5 Å². The summed E-state index contributed by atoms with van der Waals surface area (Å²) in [5.74, 6) is -0.309. The summed E-state index contributed by atoms with van der Waals surface area (Å²) in [5, 5.41) is 10.1. The van der Waals surface area contributed by atoms with Gasteiger partial charge in [-0.15, -0.1) is 13.2 Å². The first-order valence-electron chi connectivity index (χ1n) is 7.81. The van der Waals surface area contributed by atoms with Gasteiger partial charge in [-0.1, -0.05) is 12.1 Å². The molecule has 0 saturated heterocycles. The number of aliphatic hydroxyl groups is 1. The maximum absolute atomic E-state index is 12.3. The quantitative estimate of drug-likeness (QED) is 0.739. The summed E-state index contributed by atoms with van der Waals surface area (Å²) in [5.41, 5.74) is 9.44. The molecule has 0 aliphatic heterocycles. The van der Waals surface area contributed by atoms with Crippen molar-refractivity contribution in [1.29, 1.82) is 0 Å². The molecule has 0 aliphatic rings. The van der Waals surface area contributed by atoms with Crippen LogP contribution in [0.1, 0.15) is 24.2 Å². The Morgan fingerprint density at radius 2 is 1.73 bits per heavy atom. The van der Waals surface area contributed by atoms with Crippen LogP contribution in [0.15, 0.2) is 42.7 Å². The zero-order valence-corrected chi connectivity index (χ0v) is 13.8. The molecule has 136 valence electrons. The number of halogens is 3. The summed E-state index contributed by atoms with van der Waals surface area (Å²) in [6.07, 6.45) is -2.51. The third-order valence-electron chi connectivity index (χ3n) is 3.91. The number of benzene rings is 2. The van der Waals surface area contributed by atoms with Gasteiger partial charge in [-0.3, -0.25) is 9.97 Å². The van der Waals surface area contributed by atoms with Gasteiger partial charge < -0.3 is 15.6 Å². The molecule has 3 rings (SSSR count). The summed E-state index contributed by atoms with van der Waals surface area (Å²) in [6, 6.07) is 7.25. The van der Waals surface area contributed by atoms with Crippen LogP contribution in [0.2, 0.25) is 0 Å². The molecule has 0 amide bonds. The molecule has 1 heterocycles. The van der Waals surface area contributed by atoms with Gasteiger partial charge in [-0.2, -0.15) is 0 Å². The van der Waals surface area contributed by atoms with Crippen LogP contribution in [0.25, 0.3) is 22.2 Å². The Morgan fingerprint density at radius 3 is 2.27 bits per heavy atom. The maximum atomic E-state index is 12.3. The van der Waals surface area contributed by atoms with Crippen LogP contribution >= 0.6 is 0 Å². The van der Waals surface area contributed by atoms with Gasteiger partial charge in [-0.05, 0) is 36.2 Å². The van der Waals surface area contributed by atoms with E-state index in [0.29, 0.717) is 33.3 Å². The second-order valence-corrected chi connectivity index (χ2v) is 5.70. The van der Waals surface area contributed by atoms with E-state index in [2.05, 4.69) is 14.7 Å². The lowest BCUT2D eigenvalue weighted by Crippen LogP contribution is -2.16. The molecule has 0 saturated carbocycles. The van der Waals surface area contributed by atoms with Crippen molar-refractivity contribution >= 4 is 11.0 Å². The number of aliphatic hydroxyl groups excluding tert-OH is 1. The highest BCUT2D eigenvalue weighted by Gasteiger charge is 2.31. The van der Waals surface area contributed by atoms with Gasteiger partial charge >= 0.3 is 6.36 Å². The molecule has 1 aromatic heterocycles. The van der Waals surface area contributed by atoms with Gasteiger partial charge in [0.2, 0.25) is 0 Å². The normalized spacial score (nSPS) is 13.0. The molecule has 1 atom stereocenters. The van der Waals surface area contributed by atoms with Crippen molar-refractivity contribution in [3.05, 3.63) is 53.9 Å². The van der Waals surface area contributed by atoms with Gasteiger partial charge in [0.1, 0.15) is 5.75 Å². The molecule has 2 aromatic carbocycles. The third kappa shape index (κ3) is 3.61. The van der Waals surface area contributed by atoms with Crippen molar-refractivity contribution in [2.75, 3.05) is 0 Å². The van der Waals surface area contributed by atoms with E-state index in [1.807, 2.05) is 0 Å². The molecular weight excluding hydrogens is 347 g/mol. The first-order valence-corrected chi connectivity index (χ1v) is 7.81. The number of fused-ring (bicyclic) bond motifs is 1. The van der Waals surface area contributed by atoms with E-state index >= 15 is 0 Å². The lowest BCUT2D eigenvalue weighted by atomic mass is 9.94. The van der Waals surface area contributed by atoms with Crippen LogP contribution in [0.3, 0.4) is 0 Å². The average Bonchev–Trinajstić information content (AvgIpc) is 2.59. The Kier molecular flexibility index (Phi) is 4.80. The van der Waals surface area contributed by atoms with Crippen LogP contribution in [0, 0.1) is 0 Å². The first kappa shape index (κ1) is 18.1. The molecule has 26 heavy (non-hydrogen) atoms. The topological polar surface area (TPSA) is 81.3 Å². The summed E-state index contributed by atoms with van der Waals surface area (Å²) in [4.78, 5) is 8.64. The summed E-state index contributed by atoms with van der Waals surface area (Å²) in [6.45, 7) is 1.79. The van der Waals surface area contributed by atoms with Gasteiger partial charge in [-0.25, -0.2) is 0 Å². The molecule has 3 N–H and O–H groups in total. The minimum atomic E-state index is -4.74. The van der Waals surface area contributed by atoms with Gasteiger partial charge in [0, 0.05) is 30.1 Å². The van der Waals surface area contributed by atoms with Crippen molar-refractivity contribution in [3.63, 3.8) is 0 Å². The summed E-state index contributed by atoms with van der Waals surface area (Å²) < 4.78 is 40.8. The minimum absolute atomic E-state index is 0.176. The Morgan fingerprint density at radius 1 is 1.12 bits per heavy atom. The molecule has 0 unspecified atom stereocenters. The fraction of sp³-hybridized carbons (Fsp3) is 0.222. The highest BCUT2D eigenvalue weighted by atomic mass is 19.4. The monoisotopic (exact) mass is 363 g/mol. The second-order valence-electron chi connectivity index (χ2n) is 5.70. The van der Waals surface area contributed by atoms with Crippen LogP contribution in [0.4, 0.5) is 13.2 Å². The number of alkyl halides is 3. The van der Waals surface area contributed by atoms with Gasteiger partial charge in [0.25, 0.3) is 0 Å². The van der Waals surface area contributed by atoms with Crippen molar-refractivity contribution in [3.8, 4) is 16.9 Å². The largest absolute Gasteiger partial charge is 0.573 e. The number of nitrogens with zero attached hydrogens (tertiary/aromatic N) is 2. The number of rotatable bonds is 4. The molecule has 8 heteroatoms. The SMILES string of the molecule is C[C@H](O)c1c(CN)cc(-c2ccc(OC(F)(F)F)cc2)c2nccnc12. The van der Waals surface area contributed by atoms with E-state index in [9.17, 15) is 18.3 Å². The smallest absolute Gasteiger partial charge is 0.406 e. The highest BCUT2D eigenvalue weighted by Crippen LogP contribution is 2.35. The number of ether oxygens (including phenoxy) is 1. The van der Waals surface area contributed by atoms with Crippen molar-refractivity contribution in [1.82, 2.24) is 9.97 Å². The van der Waals surface area contributed by atoms with Crippen molar-refractivity contribution in [2.45, 2.75) is 25.9 Å². The lowest BCUT2D eigenvalue weighted by molar-refractivity contribution is -0.274. The van der Waals surface area contributed by atoms with Crippen molar-refractivity contribution < 1.29 is 23.0 Å². The third-order valence-corrected chi connectivity index (χ3v) is 3.91. The summed E-state index contributed by atoms with van der Waals surface area (Å²) >= 11 is 0. The molecule has 5 nitrogen and oxygen atoms in total.